The molecular weight excluding hydrogens is 410 g/mol. The number of nitrogens with zero attached hydrogens (tertiary/aromatic N) is 3. The number of nitro benzene ring substituents is 1. The minimum Gasteiger partial charge on any atom is -0.318 e. The predicted molar refractivity (Wildman–Crippen MR) is 122 cm³/mol. The van der Waals surface area contributed by atoms with Crippen LogP contribution in [-0.2, 0) is 9.59 Å². The third-order valence-electron chi connectivity index (χ3n) is 4.99. The summed E-state index contributed by atoms with van der Waals surface area (Å²) in [5, 5.41) is 16.9. The molecule has 3 rings (SSSR count). The van der Waals surface area contributed by atoms with Crippen LogP contribution in [0.4, 0.5) is 11.4 Å². The zero-order valence-corrected chi connectivity index (χ0v) is 18.2. The summed E-state index contributed by atoms with van der Waals surface area (Å²) in [5.41, 5.74) is 8.47. The highest BCUT2D eigenvalue weighted by molar-refractivity contribution is 6.39. The normalized spacial score (nSPS) is 10.9. The first-order chi connectivity index (χ1) is 15.2. The van der Waals surface area contributed by atoms with Crippen LogP contribution in [0.15, 0.2) is 53.6 Å². The van der Waals surface area contributed by atoms with Gasteiger partial charge in [0.1, 0.15) is 0 Å². The number of hydrogen-bond acceptors (Lipinski definition) is 5. The molecule has 32 heavy (non-hydrogen) atoms. The van der Waals surface area contributed by atoms with Crippen molar-refractivity contribution < 1.29 is 14.5 Å². The molecule has 2 N–H and O–H groups in total. The molecule has 0 aliphatic carbocycles. The molecule has 2 amide bonds. The summed E-state index contributed by atoms with van der Waals surface area (Å²) < 4.78 is 2.12. The van der Waals surface area contributed by atoms with Crippen molar-refractivity contribution in [2.24, 2.45) is 5.10 Å². The fourth-order valence-corrected chi connectivity index (χ4v) is 3.31. The average Bonchev–Trinajstić information content (AvgIpc) is 3.03. The van der Waals surface area contributed by atoms with Gasteiger partial charge in [-0.2, -0.15) is 5.10 Å². The summed E-state index contributed by atoms with van der Waals surface area (Å²) in [5.74, 6) is -1.89. The number of carbonyl (C=O) groups is 2. The molecule has 0 aliphatic heterocycles. The van der Waals surface area contributed by atoms with Gasteiger partial charge in [0.15, 0.2) is 0 Å². The van der Waals surface area contributed by atoms with Gasteiger partial charge in [-0.3, -0.25) is 19.7 Å². The number of aryl methyl sites for hydroxylation is 3. The summed E-state index contributed by atoms with van der Waals surface area (Å²) in [7, 11) is 0. The first-order valence-corrected chi connectivity index (χ1v) is 9.83. The molecule has 0 fully saturated rings. The third kappa shape index (κ3) is 4.89. The first kappa shape index (κ1) is 22.4. The van der Waals surface area contributed by atoms with Gasteiger partial charge in [-0.15, -0.1) is 0 Å². The standard InChI is InChI=1S/C23H23N5O4/c1-14-5-6-15(2)21(11-14)27-16(3)12-18(17(27)4)13-24-26-23(30)22(29)25-19-7-9-20(10-8-19)28(31)32/h5-13H,1-4H3,(H,25,29)(H,26,30)/b24-13-. The molecule has 2 aromatic carbocycles. The summed E-state index contributed by atoms with van der Waals surface area (Å²) in [4.78, 5) is 34.2. The van der Waals surface area contributed by atoms with Crippen LogP contribution >= 0.6 is 0 Å². The van der Waals surface area contributed by atoms with Crippen LogP contribution < -0.4 is 10.7 Å². The maximum atomic E-state index is 12.0. The zero-order chi connectivity index (χ0) is 23.4. The van der Waals surface area contributed by atoms with Crippen molar-refractivity contribution in [3.05, 3.63) is 86.7 Å². The van der Waals surface area contributed by atoms with Crippen LogP contribution in [0.3, 0.4) is 0 Å². The Balaban J connectivity index is 1.68. The molecule has 0 bridgehead atoms. The molecule has 0 aliphatic rings. The fraction of sp³-hybridized carbons (Fsp3) is 0.174. The molecular formula is C23H23N5O4. The highest BCUT2D eigenvalue weighted by Gasteiger charge is 2.15. The van der Waals surface area contributed by atoms with Crippen LogP contribution in [0.5, 0.6) is 0 Å². The van der Waals surface area contributed by atoms with E-state index in [1.165, 1.54) is 30.5 Å². The van der Waals surface area contributed by atoms with Crippen molar-refractivity contribution in [1.29, 1.82) is 0 Å². The number of nitrogens with one attached hydrogen (secondary N) is 2. The molecule has 0 spiro atoms. The number of nitro groups is 1. The van der Waals surface area contributed by atoms with E-state index in [9.17, 15) is 19.7 Å². The summed E-state index contributed by atoms with van der Waals surface area (Å²) in [6.07, 6.45) is 1.49. The number of aromatic nitrogens is 1. The van der Waals surface area contributed by atoms with Gasteiger partial charge >= 0.3 is 11.8 Å². The molecule has 0 radical (unpaired) electrons. The second-order valence-electron chi connectivity index (χ2n) is 7.41. The van der Waals surface area contributed by atoms with Crippen molar-refractivity contribution >= 4 is 29.4 Å². The molecule has 0 atom stereocenters. The number of benzene rings is 2. The van der Waals surface area contributed by atoms with Gasteiger partial charge in [0.05, 0.1) is 11.1 Å². The SMILES string of the molecule is Cc1ccc(C)c(-n2c(C)cc(/C=N\NC(=O)C(=O)Nc3ccc([N+](=O)[O-])cc3)c2C)c1. The lowest BCUT2D eigenvalue weighted by Crippen LogP contribution is -2.32. The molecule has 9 nitrogen and oxygen atoms in total. The number of non-ortho nitro benzene ring substituents is 1. The summed E-state index contributed by atoms with van der Waals surface area (Å²) in [6.45, 7) is 8.03. The van der Waals surface area contributed by atoms with Crippen molar-refractivity contribution in [3.8, 4) is 5.69 Å². The molecule has 164 valence electrons. The van der Waals surface area contributed by atoms with E-state index in [1.54, 1.807) is 0 Å². The zero-order valence-electron chi connectivity index (χ0n) is 18.2. The molecule has 1 aromatic heterocycles. The van der Waals surface area contributed by atoms with E-state index >= 15 is 0 Å². The molecule has 0 saturated carbocycles. The van der Waals surface area contributed by atoms with Crippen LogP contribution in [0.1, 0.15) is 28.1 Å². The monoisotopic (exact) mass is 433 g/mol. The molecule has 0 unspecified atom stereocenters. The van der Waals surface area contributed by atoms with E-state index in [0.29, 0.717) is 0 Å². The van der Waals surface area contributed by atoms with Gasteiger partial charge in [0.25, 0.3) is 5.69 Å². The second-order valence-corrected chi connectivity index (χ2v) is 7.41. The molecule has 9 heteroatoms. The van der Waals surface area contributed by atoms with Gasteiger partial charge in [0.2, 0.25) is 0 Å². The molecule has 1 heterocycles. The van der Waals surface area contributed by atoms with Crippen LogP contribution in [-0.4, -0.2) is 27.5 Å². The highest BCUT2D eigenvalue weighted by Crippen LogP contribution is 2.23. The maximum absolute atomic E-state index is 12.0. The Morgan fingerprint density at radius 2 is 1.69 bits per heavy atom. The van der Waals surface area contributed by atoms with Crippen molar-refractivity contribution in [2.75, 3.05) is 5.32 Å². The number of hydrogen-bond donors (Lipinski definition) is 2. The van der Waals surface area contributed by atoms with E-state index < -0.39 is 16.7 Å². The van der Waals surface area contributed by atoms with Crippen LogP contribution in [0.2, 0.25) is 0 Å². The number of hydrazone groups is 1. The number of anilines is 1. The molecule has 3 aromatic rings. The Hall–Kier alpha value is -4.27. The Bertz CT molecular complexity index is 1230. The minimum absolute atomic E-state index is 0.115. The minimum atomic E-state index is -0.956. The summed E-state index contributed by atoms with van der Waals surface area (Å²) >= 11 is 0. The lowest BCUT2D eigenvalue weighted by Gasteiger charge is -2.13. The summed E-state index contributed by atoms with van der Waals surface area (Å²) in [6, 6.07) is 13.3. The van der Waals surface area contributed by atoms with Crippen molar-refractivity contribution in [3.63, 3.8) is 0 Å². The lowest BCUT2D eigenvalue weighted by molar-refractivity contribution is -0.384. The highest BCUT2D eigenvalue weighted by atomic mass is 16.6. The van der Waals surface area contributed by atoms with Gasteiger partial charge in [-0.05, 0) is 63.1 Å². The van der Waals surface area contributed by atoms with Crippen LogP contribution in [0, 0.1) is 37.8 Å². The van der Waals surface area contributed by atoms with Crippen molar-refractivity contribution in [2.45, 2.75) is 27.7 Å². The predicted octanol–water partition coefficient (Wildman–Crippen LogP) is 3.71. The lowest BCUT2D eigenvalue weighted by atomic mass is 10.1. The topological polar surface area (TPSA) is 119 Å². The van der Waals surface area contributed by atoms with Crippen LogP contribution in [0.25, 0.3) is 5.69 Å². The number of carbonyl (C=O) groups excluding carboxylic acids is 2. The van der Waals surface area contributed by atoms with E-state index in [0.717, 1.165) is 33.8 Å². The van der Waals surface area contributed by atoms with Crippen molar-refractivity contribution in [1.82, 2.24) is 9.99 Å². The van der Waals surface area contributed by atoms with E-state index in [1.807, 2.05) is 33.8 Å². The molecule has 0 saturated heterocycles. The van der Waals surface area contributed by atoms with E-state index in [2.05, 4.69) is 38.6 Å². The van der Waals surface area contributed by atoms with E-state index in [-0.39, 0.29) is 11.4 Å². The van der Waals surface area contributed by atoms with Gasteiger partial charge < -0.3 is 9.88 Å². The average molecular weight is 433 g/mol. The second kappa shape index (κ2) is 9.25. The van der Waals surface area contributed by atoms with Gasteiger partial charge in [0, 0.05) is 40.5 Å². The Kier molecular flexibility index (Phi) is 6.48. The van der Waals surface area contributed by atoms with Gasteiger partial charge in [-0.25, -0.2) is 5.43 Å². The Labute approximate surface area is 184 Å². The number of amides is 2. The third-order valence-corrected chi connectivity index (χ3v) is 4.99. The largest absolute Gasteiger partial charge is 0.329 e. The van der Waals surface area contributed by atoms with Gasteiger partial charge in [-0.1, -0.05) is 12.1 Å². The first-order valence-electron chi connectivity index (χ1n) is 9.83. The Morgan fingerprint density at radius 1 is 1.00 bits per heavy atom. The van der Waals surface area contributed by atoms with E-state index in [4.69, 9.17) is 0 Å². The fourth-order valence-electron chi connectivity index (χ4n) is 3.31. The smallest absolute Gasteiger partial charge is 0.318 e. The number of rotatable bonds is 5. The quantitative estimate of drug-likeness (QED) is 0.276. The maximum Gasteiger partial charge on any atom is 0.329 e. The Morgan fingerprint density at radius 3 is 2.34 bits per heavy atom.